The fourth-order valence-corrected chi connectivity index (χ4v) is 2.09. The predicted octanol–water partition coefficient (Wildman–Crippen LogP) is 2.97. The quantitative estimate of drug-likeness (QED) is 0.501. The Kier molecular flexibility index (Phi) is 3.18. The molecule has 3 aromatic rings. The van der Waals surface area contributed by atoms with Gasteiger partial charge in [0.1, 0.15) is 5.82 Å². The van der Waals surface area contributed by atoms with E-state index in [1.54, 1.807) is 6.20 Å². The molecular formula is C15H15N5. The molecule has 2 heterocycles. The van der Waals surface area contributed by atoms with E-state index in [0.29, 0.717) is 5.82 Å². The number of rotatable bonds is 3. The average Bonchev–Trinajstić information content (AvgIpc) is 2.48. The molecule has 0 aliphatic carbocycles. The minimum Gasteiger partial charge on any atom is -0.354 e. The van der Waals surface area contributed by atoms with Gasteiger partial charge >= 0.3 is 0 Å². The maximum Gasteiger partial charge on any atom is 0.141 e. The number of aryl methyl sites for hydroxylation is 1. The van der Waals surface area contributed by atoms with Gasteiger partial charge < -0.3 is 10.7 Å². The monoisotopic (exact) mass is 265 g/mol. The Bertz CT molecular complexity index is 754. The van der Waals surface area contributed by atoms with Gasteiger partial charge in [-0.05, 0) is 25.1 Å². The highest BCUT2D eigenvalue weighted by Gasteiger charge is 2.04. The summed E-state index contributed by atoms with van der Waals surface area (Å²) < 4.78 is 0. The van der Waals surface area contributed by atoms with Crippen molar-refractivity contribution in [1.82, 2.24) is 9.97 Å². The van der Waals surface area contributed by atoms with Gasteiger partial charge in [-0.2, -0.15) is 0 Å². The van der Waals surface area contributed by atoms with E-state index in [0.717, 1.165) is 28.0 Å². The molecule has 0 aliphatic heterocycles. The first-order valence-corrected chi connectivity index (χ1v) is 6.32. The van der Waals surface area contributed by atoms with Crippen LogP contribution in [0.15, 0.2) is 48.7 Å². The molecule has 0 fully saturated rings. The van der Waals surface area contributed by atoms with Crippen LogP contribution in [0, 0.1) is 6.92 Å². The Labute approximate surface area is 116 Å². The molecule has 0 bridgehead atoms. The van der Waals surface area contributed by atoms with Gasteiger partial charge in [0, 0.05) is 29.0 Å². The zero-order valence-corrected chi connectivity index (χ0v) is 11.1. The third kappa shape index (κ3) is 2.39. The molecule has 0 aliphatic rings. The Hall–Kier alpha value is -2.66. The molecule has 2 aromatic heterocycles. The lowest BCUT2D eigenvalue weighted by Crippen LogP contribution is -2.08. The number of pyridine rings is 2. The SMILES string of the molecule is Cc1ccc2cccc(Nc3ccnc(NN)c3)c2n1. The predicted molar refractivity (Wildman–Crippen MR) is 81.8 cm³/mol. The van der Waals surface area contributed by atoms with Crippen molar-refractivity contribution in [3.63, 3.8) is 0 Å². The third-order valence-corrected chi connectivity index (χ3v) is 3.05. The molecular weight excluding hydrogens is 250 g/mol. The molecule has 100 valence electrons. The van der Waals surface area contributed by atoms with Crippen LogP contribution in [-0.2, 0) is 0 Å². The van der Waals surface area contributed by atoms with E-state index in [-0.39, 0.29) is 0 Å². The lowest BCUT2D eigenvalue weighted by Gasteiger charge is -2.10. The molecule has 20 heavy (non-hydrogen) atoms. The summed E-state index contributed by atoms with van der Waals surface area (Å²) >= 11 is 0. The van der Waals surface area contributed by atoms with Crippen molar-refractivity contribution < 1.29 is 0 Å². The number of benzene rings is 1. The minimum absolute atomic E-state index is 0.611. The second-order valence-corrected chi connectivity index (χ2v) is 4.53. The Balaban J connectivity index is 2.03. The number of fused-ring (bicyclic) bond motifs is 1. The van der Waals surface area contributed by atoms with E-state index in [1.165, 1.54) is 0 Å². The Morgan fingerprint density at radius 2 is 2.00 bits per heavy atom. The van der Waals surface area contributed by atoms with Crippen LogP contribution in [-0.4, -0.2) is 9.97 Å². The fraction of sp³-hybridized carbons (Fsp3) is 0.0667. The number of nitrogens with one attached hydrogen (secondary N) is 2. The molecule has 3 rings (SSSR count). The zero-order valence-electron chi connectivity index (χ0n) is 11.1. The van der Waals surface area contributed by atoms with E-state index < -0.39 is 0 Å². The van der Waals surface area contributed by atoms with Crippen LogP contribution in [0.2, 0.25) is 0 Å². The van der Waals surface area contributed by atoms with Crippen LogP contribution in [0.1, 0.15) is 5.69 Å². The number of hydrogen-bond acceptors (Lipinski definition) is 5. The zero-order chi connectivity index (χ0) is 13.9. The Morgan fingerprint density at radius 1 is 1.10 bits per heavy atom. The molecule has 0 saturated carbocycles. The van der Waals surface area contributed by atoms with Gasteiger partial charge in [-0.3, -0.25) is 4.98 Å². The van der Waals surface area contributed by atoms with Crippen LogP contribution in [0.4, 0.5) is 17.2 Å². The standard InChI is InChI=1S/C15H15N5/c1-10-5-6-11-3-2-4-13(15(11)18-10)19-12-7-8-17-14(9-12)20-16/h2-9H,16H2,1H3,(H2,17,19,20). The van der Waals surface area contributed by atoms with Gasteiger partial charge in [0.2, 0.25) is 0 Å². The van der Waals surface area contributed by atoms with Crippen molar-refractivity contribution in [2.24, 2.45) is 5.84 Å². The van der Waals surface area contributed by atoms with Gasteiger partial charge in [0.05, 0.1) is 11.2 Å². The van der Waals surface area contributed by atoms with E-state index in [2.05, 4.69) is 26.8 Å². The molecule has 0 spiro atoms. The molecule has 0 unspecified atom stereocenters. The van der Waals surface area contributed by atoms with Crippen molar-refractivity contribution in [3.05, 3.63) is 54.4 Å². The second-order valence-electron chi connectivity index (χ2n) is 4.53. The first-order chi connectivity index (χ1) is 9.76. The lowest BCUT2D eigenvalue weighted by atomic mass is 10.1. The summed E-state index contributed by atoms with van der Waals surface area (Å²) in [7, 11) is 0. The summed E-state index contributed by atoms with van der Waals surface area (Å²) in [6.45, 7) is 1.99. The van der Waals surface area contributed by atoms with E-state index >= 15 is 0 Å². The number of nitrogens with two attached hydrogens (primary N) is 1. The number of anilines is 3. The van der Waals surface area contributed by atoms with Crippen molar-refractivity contribution >= 4 is 28.1 Å². The fourth-order valence-electron chi connectivity index (χ4n) is 2.09. The van der Waals surface area contributed by atoms with E-state index in [4.69, 9.17) is 5.84 Å². The van der Waals surface area contributed by atoms with E-state index in [1.807, 2.05) is 43.3 Å². The topological polar surface area (TPSA) is 75.9 Å². The van der Waals surface area contributed by atoms with Gasteiger partial charge in [-0.1, -0.05) is 18.2 Å². The second kappa shape index (κ2) is 5.14. The summed E-state index contributed by atoms with van der Waals surface area (Å²) in [5.41, 5.74) is 6.34. The van der Waals surface area contributed by atoms with Crippen LogP contribution < -0.4 is 16.6 Å². The van der Waals surface area contributed by atoms with Crippen LogP contribution in [0.5, 0.6) is 0 Å². The smallest absolute Gasteiger partial charge is 0.141 e. The molecule has 5 nitrogen and oxygen atoms in total. The maximum absolute atomic E-state index is 5.37. The first-order valence-electron chi connectivity index (χ1n) is 6.32. The molecule has 5 heteroatoms. The highest BCUT2D eigenvalue weighted by atomic mass is 15.2. The third-order valence-electron chi connectivity index (χ3n) is 3.05. The molecule has 0 amide bonds. The summed E-state index contributed by atoms with van der Waals surface area (Å²) in [6, 6.07) is 13.9. The number of hydrogen-bond donors (Lipinski definition) is 3. The van der Waals surface area contributed by atoms with Crippen molar-refractivity contribution in [2.45, 2.75) is 6.92 Å². The molecule has 0 radical (unpaired) electrons. The number of hydrazine groups is 1. The van der Waals surface area contributed by atoms with Crippen molar-refractivity contribution in [2.75, 3.05) is 10.7 Å². The normalized spacial score (nSPS) is 10.5. The Morgan fingerprint density at radius 3 is 2.85 bits per heavy atom. The van der Waals surface area contributed by atoms with Gasteiger partial charge in [0.15, 0.2) is 0 Å². The molecule has 4 N–H and O–H groups in total. The van der Waals surface area contributed by atoms with Crippen LogP contribution in [0.25, 0.3) is 10.9 Å². The number of para-hydroxylation sites is 1. The summed E-state index contributed by atoms with van der Waals surface area (Å²) in [5.74, 6) is 5.98. The summed E-state index contributed by atoms with van der Waals surface area (Å²) in [4.78, 5) is 8.68. The maximum atomic E-state index is 5.37. The first kappa shape index (κ1) is 12.4. The minimum atomic E-state index is 0.611. The van der Waals surface area contributed by atoms with Crippen molar-refractivity contribution in [3.8, 4) is 0 Å². The summed E-state index contributed by atoms with van der Waals surface area (Å²) in [6.07, 6.45) is 1.70. The van der Waals surface area contributed by atoms with Crippen molar-refractivity contribution in [1.29, 1.82) is 0 Å². The van der Waals surface area contributed by atoms with Gasteiger partial charge in [-0.15, -0.1) is 0 Å². The van der Waals surface area contributed by atoms with E-state index in [9.17, 15) is 0 Å². The highest BCUT2D eigenvalue weighted by molar-refractivity contribution is 5.92. The number of nitrogens with zero attached hydrogens (tertiary/aromatic N) is 2. The van der Waals surface area contributed by atoms with Crippen LogP contribution in [0.3, 0.4) is 0 Å². The van der Waals surface area contributed by atoms with Gasteiger partial charge in [0.25, 0.3) is 0 Å². The van der Waals surface area contributed by atoms with Gasteiger partial charge in [-0.25, -0.2) is 10.8 Å². The molecule has 0 atom stereocenters. The molecule has 0 saturated heterocycles. The largest absolute Gasteiger partial charge is 0.354 e. The molecule has 1 aromatic carbocycles. The lowest BCUT2D eigenvalue weighted by molar-refractivity contribution is 1.23. The summed E-state index contributed by atoms with van der Waals surface area (Å²) in [5, 5.41) is 4.45. The van der Waals surface area contributed by atoms with Crippen LogP contribution >= 0.6 is 0 Å². The number of aromatic nitrogens is 2. The number of nitrogen functional groups attached to an aromatic ring is 1. The average molecular weight is 265 g/mol. The highest BCUT2D eigenvalue weighted by Crippen LogP contribution is 2.25.